The lowest BCUT2D eigenvalue weighted by molar-refractivity contribution is 0.0973. The zero-order valence-electron chi connectivity index (χ0n) is 18.1. The number of rotatable bonds is 1. The van der Waals surface area contributed by atoms with Crippen LogP contribution in [0.15, 0.2) is 91.5 Å². The molecule has 3 nitrogen and oxygen atoms in total. The molecular formula is C29H24N2O. The predicted molar refractivity (Wildman–Crippen MR) is 131 cm³/mol. The Morgan fingerprint density at radius 1 is 0.656 bits per heavy atom. The maximum absolute atomic E-state index is 12.4. The van der Waals surface area contributed by atoms with E-state index in [4.69, 9.17) is 0 Å². The van der Waals surface area contributed by atoms with Crippen molar-refractivity contribution in [3.63, 3.8) is 0 Å². The number of ketones is 1. The van der Waals surface area contributed by atoms with Crippen LogP contribution in [0.5, 0.6) is 0 Å². The molecule has 5 aromatic rings. The van der Waals surface area contributed by atoms with Crippen molar-refractivity contribution in [2.24, 2.45) is 0 Å². The monoisotopic (exact) mass is 416 g/mol. The van der Waals surface area contributed by atoms with Gasteiger partial charge in [-0.2, -0.15) is 0 Å². The van der Waals surface area contributed by atoms with Crippen molar-refractivity contribution in [3.05, 3.63) is 108 Å². The second kappa shape index (κ2) is 8.72. The zero-order chi connectivity index (χ0) is 21.9. The second-order valence-electron chi connectivity index (χ2n) is 8.19. The number of nitrogens with zero attached hydrogens (tertiary/aromatic N) is 2. The van der Waals surface area contributed by atoms with Gasteiger partial charge in [-0.25, -0.2) is 0 Å². The molecule has 1 aromatic heterocycles. The molecule has 4 aromatic carbocycles. The largest absolute Gasteiger partial charge is 0.294 e. The molecule has 1 heterocycles. The number of hydrogen-bond acceptors (Lipinski definition) is 3. The van der Waals surface area contributed by atoms with Crippen molar-refractivity contribution in [2.45, 2.75) is 26.2 Å². The van der Waals surface area contributed by atoms with Crippen LogP contribution in [0.3, 0.4) is 0 Å². The van der Waals surface area contributed by atoms with Gasteiger partial charge in [-0.15, -0.1) is 0 Å². The minimum atomic E-state index is 0.290. The molecule has 32 heavy (non-hydrogen) atoms. The van der Waals surface area contributed by atoms with E-state index in [0.717, 1.165) is 18.4 Å². The normalized spacial score (nSPS) is 12.8. The number of hydrogen-bond donors (Lipinski definition) is 0. The van der Waals surface area contributed by atoms with Gasteiger partial charge in [-0.3, -0.25) is 14.8 Å². The molecule has 0 saturated heterocycles. The van der Waals surface area contributed by atoms with E-state index in [0.29, 0.717) is 6.42 Å². The Hall–Kier alpha value is -3.85. The number of carbonyl (C=O) groups is 1. The minimum absolute atomic E-state index is 0.290. The predicted octanol–water partition coefficient (Wildman–Crippen LogP) is 6.96. The van der Waals surface area contributed by atoms with Gasteiger partial charge in [-0.1, -0.05) is 66.2 Å². The van der Waals surface area contributed by atoms with Crippen LogP contribution < -0.4 is 0 Å². The van der Waals surface area contributed by atoms with Crippen molar-refractivity contribution in [1.29, 1.82) is 0 Å². The van der Waals surface area contributed by atoms with Crippen molar-refractivity contribution < 1.29 is 4.79 Å². The minimum Gasteiger partial charge on any atom is -0.294 e. The van der Waals surface area contributed by atoms with Gasteiger partial charge < -0.3 is 0 Å². The molecule has 6 rings (SSSR count). The first-order valence-electron chi connectivity index (χ1n) is 11.0. The van der Waals surface area contributed by atoms with Gasteiger partial charge in [0.25, 0.3) is 0 Å². The number of benzene rings is 4. The van der Waals surface area contributed by atoms with Gasteiger partial charge in [0.1, 0.15) is 0 Å². The quantitative estimate of drug-likeness (QED) is 0.277. The summed E-state index contributed by atoms with van der Waals surface area (Å²) >= 11 is 0. The Labute approximate surface area is 187 Å². The van der Waals surface area contributed by atoms with Crippen LogP contribution in [0.25, 0.3) is 32.7 Å². The SMILES string of the molecule is Cc1ccc(-c2cc3c4c(ccc3c3ccccc23)C(=O)CCC4)cc1.c1cnccn1. The molecular weight excluding hydrogens is 392 g/mol. The average molecular weight is 417 g/mol. The first kappa shape index (κ1) is 20.1. The highest BCUT2D eigenvalue weighted by Gasteiger charge is 2.20. The zero-order valence-corrected chi connectivity index (χ0v) is 18.1. The Kier molecular flexibility index (Phi) is 5.47. The highest BCUT2D eigenvalue weighted by Crippen LogP contribution is 2.38. The van der Waals surface area contributed by atoms with E-state index in [1.165, 1.54) is 43.8 Å². The van der Waals surface area contributed by atoms with E-state index in [9.17, 15) is 4.79 Å². The van der Waals surface area contributed by atoms with Crippen molar-refractivity contribution in [2.75, 3.05) is 0 Å². The molecule has 0 radical (unpaired) electrons. The third-order valence-electron chi connectivity index (χ3n) is 6.12. The molecule has 0 spiro atoms. The Morgan fingerprint density at radius 3 is 2.00 bits per heavy atom. The molecule has 3 heteroatoms. The molecule has 0 bridgehead atoms. The average Bonchev–Trinajstić information content (AvgIpc) is 2.85. The molecule has 1 aliphatic rings. The van der Waals surface area contributed by atoms with Crippen molar-refractivity contribution in [1.82, 2.24) is 9.97 Å². The lowest BCUT2D eigenvalue weighted by Gasteiger charge is -2.19. The lowest BCUT2D eigenvalue weighted by atomic mass is 9.84. The summed E-state index contributed by atoms with van der Waals surface area (Å²) in [6.07, 6.45) is 9.18. The first-order valence-corrected chi connectivity index (χ1v) is 11.0. The Morgan fingerprint density at radius 2 is 1.31 bits per heavy atom. The van der Waals surface area contributed by atoms with Crippen LogP contribution in [0.4, 0.5) is 0 Å². The summed E-state index contributed by atoms with van der Waals surface area (Å²) in [5.74, 6) is 0.290. The molecule has 0 fully saturated rings. The summed E-state index contributed by atoms with van der Waals surface area (Å²) in [5, 5.41) is 5.03. The van der Waals surface area contributed by atoms with Gasteiger partial charge >= 0.3 is 0 Å². The van der Waals surface area contributed by atoms with Crippen molar-refractivity contribution in [3.8, 4) is 11.1 Å². The van der Waals surface area contributed by atoms with Gasteiger partial charge in [0, 0.05) is 36.8 Å². The van der Waals surface area contributed by atoms with E-state index in [2.05, 4.69) is 77.6 Å². The fraction of sp³-hybridized carbons (Fsp3) is 0.138. The molecule has 0 aliphatic heterocycles. The summed E-state index contributed by atoms with van der Waals surface area (Å²) < 4.78 is 0. The highest BCUT2D eigenvalue weighted by molar-refractivity contribution is 6.16. The smallest absolute Gasteiger partial charge is 0.163 e. The summed E-state index contributed by atoms with van der Waals surface area (Å²) in [6, 6.07) is 23.8. The van der Waals surface area contributed by atoms with E-state index >= 15 is 0 Å². The molecule has 0 unspecified atom stereocenters. The Bertz CT molecular complexity index is 1380. The third-order valence-corrected chi connectivity index (χ3v) is 6.12. The summed E-state index contributed by atoms with van der Waals surface area (Å²) in [5.41, 5.74) is 5.90. The summed E-state index contributed by atoms with van der Waals surface area (Å²) in [6.45, 7) is 2.12. The standard InChI is InChI=1S/C25H20O.C4H4N2/c1-16-9-11-17(12-10-16)23-15-24-20-7-4-8-25(26)22(20)14-13-21(24)18-5-2-3-6-19(18)23;1-2-6-4-3-5-1/h2-3,5-6,9-15H,4,7-8H2,1H3;1-4H. The highest BCUT2D eigenvalue weighted by atomic mass is 16.1. The second-order valence-corrected chi connectivity index (χ2v) is 8.19. The molecule has 0 amide bonds. The third kappa shape index (κ3) is 3.78. The van der Waals surface area contributed by atoms with Gasteiger partial charge in [0.15, 0.2) is 5.78 Å². The van der Waals surface area contributed by atoms with Crippen LogP contribution >= 0.6 is 0 Å². The van der Waals surface area contributed by atoms with Gasteiger partial charge in [-0.05, 0) is 64.1 Å². The summed E-state index contributed by atoms with van der Waals surface area (Å²) in [4.78, 5) is 19.8. The number of aromatic nitrogens is 2. The van der Waals surface area contributed by atoms with Gasteiger partial charge in [0.05, 0.1) is 0 Å². The van der Waals surface area contributed by atoms with E-state index in [-0.39, 0.29) is 5.78 Å². The van der Waals surface area contributed by atoms with Crippen LogP contribution in [-0.4, -0.2) is 15.8 Å². The fourth-order valence-electron chi connectivity index (χ4n) is 4.56. The van der Waals surface area contributed by atoms with Crippen LogP contribution in [0, 0.1) is 6.92 Å². The molecule has 0 N–H and O–H groups in total. The van der Waals surface area contributed by atoms with Crippen LogP contribution in [-0.2, 0) is 6.42 Å². The molecule has 1 aliphatic carbocycles. The first-order chi connectivity index (χ1) is 15.7. The van der Waals surface area contributed by atoms with Crippen LogP contribution in [0.1, 0.15) is 34.3 Å². The number of carbonyl (C=O) groups excluding carboxylic acids is 1. The topological polar surface area (TPSA) is 42.9 Å². The molecule has 0 saturated carbocycles. The number of fused-ring (bicyclic) bond motifs is 5. The van der Waals surface area contributed by atoms with E-state index < -0.39 is 0 Å². The fourth-order valence-corrected chi connectivity index (χ4v) is 4.56. The van der Waals surface area contributed by atoms with Gasteiger partial charge in [0.2, 0.25) is 0 Å². The Balaban J connectivity index is 0.000000314. The number of aryl methyl sites for hydroxylation is 2. The maximum atomic E-state index is 12.4. The maximum Gasteiger partial charge on any atom is 0.163 e. The number of Topliss-reactive ketones (excluding diaryl/α,β-unsaturated/α-hetero) is 1. The lowest BCUT2D eigenvalue weighted by Crippen LogP contribution is -2.11. The summed E-state index contributed by atoms with van der Waals surface area (Å²) in [7, 11) is 0. The van der Waals surface area contributed by atoms with E-state index in [1.807, 2.05) is 6.07 Å². The van der Waals surface area contributed by atoms with Crippen molar-refractivity contribution >= 4 is 27.3 Å². The van der Waals surface area contributed by atoms with E-state index in [1.54, 1.807) is 24.8 Å². The molecule has 0 atom stereocenters. The van der Waals surface area contributed by atoms with Crippen LogP contribution in [0.2, 0.25) is 0 Å². The molecule has 156 valence electrons.